The topological polar surface area (TPSA) is 109 Å². The molecule has 1 fully saturated rings. The number of ether oxygens (including phenoxy) is 7. The number of benzene rings is 6. The molecular formula is C71H95O11P. The Morgan fingerprint density at radius 3 is 1.10 bits per heavy atom. The minimum absolute atomic E-state index is 0.0658. The van der Waals surface area contributed by atoms with Crippen molar-refractivity contribution < 1.29 is 51.3 Å². The van der Waals surface area contributed by atoms with Crippen molar-refractivity contribution >= 4 is 7.82 Å². The minimum atomic E-state index is -4.58. The zero-order valence-corrected chi connectivity index (χ0v) is 50.6. The van der Waals surface area contributed by atoms with Gasteiger partial charge in [-0.25, -0.2) is 4.57 Å². The third-order valence-corrected chi connectivity index (χ3v) is 16.8. The largest absolute Gasteiger partial charge is 0.475 e. The van der Waals surface area contributed by atoms with Crippen molar-refractivity contribution in [2.75, 3.05) is 33.5 Å². The standard InChI is InChI=1S/C71H95O11P/c1-3-4-5-6-7-8-9-10-11-12-13-14-15-16-17-36-49-74-56-65(73-2)57-81-83(72,80-55-64-47-34-23-35-48-64)82-71-68(77-52-61-41-28-20-29-42-61)66(58-75-50-59-37-24-18-25-38-59)67(76-51-60-39-26-19-27-40-60)69(78-53-62-43-30-21-31-44-62)70(71)79-54-63-45-32-22-33-46-63/h18-35,37-48,65-71H,3-17,36,49-58H2,1-2H3/t65-,66-,67-,68-,69+,70-,71-,83?/m1/s1. The lowest BCUT2D eigenvalue weighted by atomic mass is 9.78. The SMILES string of the molecule is CCCCCCCCCCCCCCCCCCOC[C@H](COP(=O)(OCc1ccccc1)O[C@H]1[C@H](OCc2ccccc2)[C@@H](OCc2ccccc2)[C@H](OCc2ccccc2)[C@@H](COCc2ccccc2)[C@H]1OCc1ccccc1)OC. The molecule has 0 bridgehead atoms. The lowest BCUT2D eigenvalue weighted by Crippen LogP contribution is -2.65. The smallest absolute Gasteiger partial charge is 0.379 e. The Morgan fingerprint density at radius 2 is 0.699 bits per heavy atom. The van der Waals surface area contributed by atoms with Crippen molar-refractivity contribution in [3.63, 3.8) is 0 Å². The van der Waals surface area contributed by atoms with Gasteiger partial charge >= 0.3 is 7.82 Å². The number of phosphoric ester groups is 1. The Morgan fingerprint density at radius 1 is 0.361 bits per heavy atom. The zero-order chi connectivity index (χ0) is 57.7. The van der Waals surface area contributed by atoms with Crippen molar-refractivity contribution in [2.24, 2.45) is 5.92 Å². The van der Waals surface area contributed by atoms with Gasteiger partial charge in [0.15, 0.2) is 0 Å². The Hall–Kier alpha value is -4.85. The van der Waals surface area contributed by atoms with Gasteiger partial charge in [-0.05, 0) is 39.8 Å². The van der Waals surface area contributed by atoms with Crippen LogP contribution >= 0.6 is 7.82 Å². The van der Waals surface area contributed by atoms with Crippen molar-refractivity contribution in [3.05, 3.63) is 215 Å². The zero-order valence-electron chi connectivity index (χ0n) is 49.7. The van der Waals surface area contributed by atoms with E-state index in [1.165, 1.54) is 89.9 Å². The predicted molar refractivity (Wildman–Crippen MR) is 330 cm³/mol. The van der Waals surface area contributed by atoms with Gasteiger partial charge in [0.1, 0.15) is 24.4 Å². The summed E-state index contributed by atoms with van der Waals surface area (Å²) in [5.74, 6) is -0.583. The second kappa shape index (κ2) is 39.7. The molecule has 6 aromatic carbocycles. The highest BCUT2D eigenvalue weighted by Gasteiger charge is 2.56. The average molecular weight is 1160 g/mol. The second-order valence-electron chi connectivity index (χ2n) is 22.0. The van der Waals surface area contributed by atoms with Crippen LogP contribution in [0.1, 0.15) is 143 Å². The summed E-state index contributed by atoms with van der Waals surface area (Å²) in [7, 11) is -2.98. The van der Waals surface area contributed by atoms with Crippen molar-refractivity contribution in [1.29, 1.82) is 0 Å². The second-order valence-corrected chi connectivity index (χ2v) is 23.6. The van der Waals surface area contributed by atoms with Crippen molar-refractivity contribution in [1.82, 2.24) is 0 Å². The molecule has 1 unspecified atom stereocenters. The number of hydrogen-bond acceptors (Lipinski definition) is 11. The molecule has 0 N–H and O–H groups in total. The molecule has 12 heteroatoms. The molecule has 0 radical (unpaired) electrons. The maximum Gasteiger partial charge on any atom is 0.475 e. The number of unbranched alkanes of at least 4 members (excludes halogenated alkanes) is 15. The molecule has 0 aliphatic heterocycles. The van der Waals surface area contributed by atoms with Crippen LogP contribution in [0.5, 0.6) is 0 Å². The van der Waals surface area contributed by atoms with E-state index in [1.54, 1.807) is 7.11 Å². The van der Waals surface area contributed by atoms with Gasteiger partial charge in [0.25, 0.3) is 0 Å². The van der Waals surface area contributed by atoms with Crippen LogP contribution in [0.2, 0.25) is 0 Å². The lowest BCUT2D eigenvalue weighted by molar-refractivity contribution is -0.263. The van der Waals surface area contributed by atoms with Crippen LogP contribution in [0.4, 0.5) is 0 Å². The third kappa shape index (κ3) is 24.9. The van der Waals surface area contributed by atoms with E-state index in [0.717, 1.165) is 46.2 Å². The molecule has 0 saturated heterocycles. The quantitative estimate of drug-likeness (QED) is 0.0269. The van der Waals surface area contributed by atoms with E-state index in [0.29, 0.717) is 13.2 Å². The van der Waals surface area contributed by atoms with E-state index in [2.05, 4.69) is 6.92 Å². The fraction of sp³-hybridized carbons (Fsp3) is 0.493. The molecule has 450 valence electrons. The molecule has 0 heterocycles. The van der Waals surface area contributed by atoms with E-state index in [4.69, 9.17) is 46.7 Å². The summed E-state index contributed by atoms with van der Waals surface area (Å²) in [6.45, 7) is 4.21. The number of rotatable bonds is 44. The normalized spacial score (nSPS) is 19.1. The Labute approximate surface area is 497 Å². The summed E-state index contributed by atoms with van der Waals surface area (Å²) < 4.78 is 83.5. The average Bonchev–Trinajstić information content (AvgIpc) is 3.21. The molecule has 83 heavy (non-hydrogen) atoms. The van der Waals surface area contributed by atoms with E-state index in [9.17, 15) is 0 Å². The fourth-order valence-electron chi connectivity index (χ4n) is 10.6. The first-order valence-electron chi connectivity index (χ1n) is 31.0. The van der Waals surface area contributed by atoms with E-state index < -0.39 is 50.4 Å². The highest BCUT2D eigenvalue weighted by atomic mass is 31.2. The predicted octanol–water partition coefficient (Wildman–Crippen LogP) is 17.2. The highest BCUT2D eigenvalue weighted by molar-refractivity contribution is 7.48. The molecule has 8 atom stereocenters. The summed E-state index contributed by atoms with van der Waals surface area (Å²) in [6, 6.07) is 59.6. The maximum atomic E-state index is 16.0. The van der Waals surface area contributed by atoms with Crippen molar-refractivity contribution in [3.8, 4) is 0 Å². The van der Waals surface area contributed by atoms with E-state index in [-0.39, 0.29) is 52.9 Å². The van der Waals surface area contributed by atoms with Crippen LogP contribution in [-0.2, 0) is 90.9 Å². The molecule has 7 rings (SSSR count). The van der Waals surface area contributed by atoms with Gasteiger partial charge in [-0.1, -0.05) is 285 Å². The maximum absolute atomic E-state index is 16.0. The lowest BCUT2D eigenvalue weighted by Gasteiger charge is -2.50. The summed E-state index contributed by atoms with van der Waals surface area (Å²) in [5, 5.41) is 0. The van der Waals surface area contributed by atoms with Gasteiger partial charge in [-0.15, -0.1) is 0 Å². The van der Waals surface area contributed by atoms with Crippen LogP contribution in [0.25, 0.3) is 0 Å². The number of methoxy groups -OCH3 is 1. The molecule has 6 aromatic rings. The van der Waals surface area contributed by atoms with Gasteiger partial charge in [0.05, 0.1) is 71.7 Å². The summed E-state index contributed by atoms with van der Waals surface area (Å²) >= 11 is 0. The monoisotopic (exact) mass is 1150 g/mol. The number of hydrogen-bond donors (Lipinski definition) is 0. The first kappa shape index (κ1) is 65.7. The number of phosphoric acid groups is 1. The molecular weight excluding hydrogens is 1060 g/mol. The Balaban J connectivity index is 1.12. The van der Waals surface area contributed by atoms with Gasteiger partial charge in [0.2, 0.25) is 0 Å². The fourth-order valence-corrected chi connectivity index (χ4v) is 12.0. The van der Waals surface area contributed by atoms with Crippen LogP contribution in [0, 0.1) is 5.92 Å². The Bertz CT molecular complexity index is 2560. The molecule has 0 amide bonds. The van der Waals surface area contributed by atoms with Crippen LogP contribution < -0.4 is 0 Å². The molecule has 0 spiro atoms. The first-order chi connectivity index (χ1) is 41.0. The molecule has 0 aromatic heterocycles. The molecule has 11 nitrogen and oxygen atoms in total. The van der Waals surface area contributed by atoms with Crippen molar-refractivity contribution in [2.45, 2.75) is 186 Å². The molecule has 1 aliphatic carbocycles. The molecule has 1 saturated carbocycles. The van der Waals surface area contributed by atoms with Crippen LogP contribution in [-0.4, -0.2) is 70.2 Å². The minimum Gasteiger partial charge on any atom is -0.379 e. The van der Waals surface area contributed by atoms with Gasteiger partial charge in [-0.3, -0.25) is 13.6 Å². The molecule has 1 aliphatic rings. The van der Waals surface area contributed by atoms with E-state index in [1.807, 2.05) is 182 Å². The van der Waals surface area contributed by atoms with Crippen LogP contribution in [0.3, 0.4) is 0 Å². The summed E-state index contributed by atoms with van der Waals surface area (Å²) in [4.78, 5) is 0. The third-order valence-electron chi connectivity index (χ3n) is 15.4. The summed E-state index contributed by atoms with van der Waals surface area (Å²) in [6.07, 6.45) is 15.8. The van der Waals surface area contributed by atoms with Gasteiger partial charge in [0, 0.05) is 19.6 Å². The van der Waals surface area contributed by atoms with E-state index >= 15 is 4.57 Å². The first-order valence-corrected chi connectivity index (χ1v) is 32.4. The Kier molecular flexibility index (Phi) is 31.4. The van der Waals surface area contributed by atoms with Crippen LogP contribution in [0.15, 0.2) is 182 Å². The highest BCUT2D eigenvalue weighted by Crippen LogP contribution is 2.54. The van der Waals surface area contributed by atoms with Gasteiger partial charge < -0.3 is 33.2 Å². The summed E-state index contributed by atoms with van der Waals surface area (Å²) in [5.41, 5.74) is 5.59. The van der Waals surface area contributed by atoms with Gasteiger partial charge in [-0.2, -0.15) is 0 Å².